The Bertz CT molecular complexity index is 353. The summed E-state index contributed by atoms with van der Waals surface area (Å²) in [5.41, 5.74) is -0.0669. The Morgan fingerprint density at radius 3 is 2.73 bits per heavy atom. The third kappa shape index (κ3) is 1.66. The number of hydrogen-bond acceptors (Lipinski definition) is 4. The predicted octanol–water partition coefficient (Wildman–Crippen LogP) is 0.178. The first-order valence-corrected chi connectivity index (χ1v) is 5.34. The average molecular weight is 209 g/mol. The Labute approximate surface area is 90.5 Å². The molecule has 2 rings (SSSR count). The summed E-state index contributed by atoms with van der Waals surface area (Å²) < 4.78 is 2.23. The number of aromatic nitrogens is 3. The summed E-state index contributed by atoms with van der Waals surface area (Å²) in [6.07, 6.45) is 0. The smallest absolute Gasteiger partial charge is 0.153 e. The Balaban J connectivity index is 2.40. The highest BCUT2D eigenvalue weighted by Gasteiger charge is 2.31. The number of rotatable bonds is 2. The SMILES string of the molecule is CN(C)C(C)(C)c1nnc2n1CCNC2. The lowest BCUT2D eigenvalue weighted by atomic mass is 10.0. The van der Waals surface area contributed by atoms with Gasteiger partial charge in [-0.25, -0.2) is 0 Å². The van der Waals surface area contributed by atoms with Crippen LogP contribution in [0.25, 0.3) is 0 Å². The number of nitrogens with zero attached hydrogens (tertiary/aromatic N) is 4. The highest BCUT2D eigenvalue weighted by Crippen LogP contribution is 2.24. The van der Waals surface area contributed by atoms with Crippen molar-refractivity contribution in [1.29, 1.82) is 0 Å². The van der Waals surface area contributed by atoms with Gasteiger partial charge in [0.15, 0.2) is 5.82 Å². The molecule has 1 aromatic heterocycles. The molecule has 5 nitrogen and oxygen atoms in total. The second kappa shape index (κ2) is 3.57. The largest absolute Gasteiger partial charge is 0.311 e. The van der Waals surface area contributed by atoms with E-state index in [1.54, 1.807) is 0 Å². The molecular formula is C10H19N5. The van der Waals surface area contributed by atoms with E-state index in [4.69, 9.17) is 0 Å². The molecule has 1 aromatic rings. The van der Waals surface area contributed by atoms with E-state index in [0.29, 0.717) is 0 Å². The van der Waals surface area contributed by atoms with Crippen LogP contribution in [0.1, 0.15) is 25.5 Å². The molecule has 0 saturated heterocycles. The van der Waals surface area contributed by atoms with E-state index in [1.807, 2.05) is 0 Å². The van der Waals surface area contributed by atoms with Crippen LogP contribution >= 0.6 is 0 Å². The summed E-state index contributed by atoms with van der Waals surface area (Å²) in [5, 5.41) is 11.8. The molecule has 0 unspecified atom stereocenters. The Morgan fingerprint density at radius 2 is 2.07 bits per heavy atom. The summed E-state index contributed by atoms with van der Waals surface area (Å²) in [6, 6.07) is 0. The van der Waals surface area contributed by atoms with E-state index >= 15 is 0 Å². The molecule has 84 valence electrons. The van der Waals surface area contributed by atoms with Gasteiger partial charge < -0.3 is 9.88 Å². The van der Waals surface area contributed by atoms with Crippen LogP contribution in [0.3, 0.4) is 0 Å². The van der Waals surface area contributed by atoms with Crippen LogP contribution in [0.4, 0.5) is 0 Å². The van der Waals surface area contributed by atoms with Gasteiger partial charge in [0.05, 0.1) is 12.1 Å². The maximum Gasteiger partial charge on any atom is 0.153 e. The van der Waals surface area contributed by atoms with Gasteiger partial charge in [-0.15, -0.1) is 10.2 Å². The molecule has 0 radical (unpaired) electrons. The van der Waals surface area contributed by atoms with E-state index < -0.39 is 0 Å². The van der Waals surface area contributed by atoms with Crippen LogP contribution in [-0.4, -0.2) is 40.3 Å². The molecule has 0 atom stereocenters. The minimum atomic E-state index is -0.0669. The van der Waals surface area contributed by atoms with Gasteiger partial charge >= 0.3 is 0 Å². The van der Waals surface area contributed by atoms with Crippen molar-refractivity contribution in [3.63, 3.8) is 0 Å². The number of hydrogen-bond donors (Lipinski definition) is 1. The van der Waals surface area contributed by atoms with Gasteiger partial charge in [-0.05, 0) is 27.9 Å². The van der Waals surface area contributed by atoms with E-state index in [1.165, 1.54) is 0 Å². The van der Waals surface area contributed by atoms with E-state index in [9.17, 15) is 0 Å². The maximum absolute atomic E-state index is 4.32. The first-order chi connectivity index (χ1) is 7.03. The summed E-state index contributed by atoms with van der Waals surface area (Å²) in [5.74, 6) is 2.11. The van der Waals surface area contributed by atoms with Crippen molar-refractivity contribution in [2.75, 3.05) is 20.6 Å². The topological polar surface area (TPSA) is 46.0 Å². The summed E-state index contributed by atoms with van der Waals surface area (Å²) in [6.45, 7) is 7.14. The quantitative estimate of drug-likeness (QED) is 0.754. The fraction of sp³-hybridized carbons (Fsp3) is 0.800. The Hall–Kier alpha value is -0.940. The van der Waals surface area contributed by atoms with Crippen LogP contribution in [0.15, 0.2) is 0 Å². The second-order valence-electron chi connectivity index (χ2n) is 4.72. The Kier molecular flexibility index (Phi) is 2.52. The van der Waals surface area contributed by atoms with Gasteiger partial charge in [0.1, 0.15) is 5.82 Å². The van der Waals surface area contributed by atoms with Gasteiger partial charge in [-0.1, -0.05) is 0 Å². The molecule has 15 heavy (non-hydrogen) atoms. The van der Waals surface area contributed by atoms with Crippen molar-refractivity contribution < 1.29 is 0 Å². The van der Waals surface area contributed by atoms with Crippen molar-refractivity contribution in [3.8, 4) is 0 Å². The van der Waals surface area contributed by atoms with Crippen LogP contribution < -0.4 is 5.32 Å². The fourth-order valence-electron chi connectivity index (χ4n) is 1.74. The van der Waals surface area contributed by atoms with Gasteiger partial charge in [0.2, 0.25) is 0 Å². The average Bonchev–Trinajstić information content (AvgIpc) is 2.61. The molecule has 0 aromatic carbocycles. The first-order valence-electron chi connectivity index (χ1n) is 5.34. The lowest BCUT2D eigenvalue weighted by Gasteiger charge is -2.32. The first kappa shape index (κ1) is 10.6. The zero-order valence-electron chi connectivity index (χ0n) is 9.91. The van der Waals surface area contributed by atoms with E-state index in [-0.39, 0.29) is 5.54 Å². The fourth-order valence-corrected chi connectivity index (χ4v) is 1.74. The summed E-state index contributed by atoms with van der Waals surface area (Å²) in [7, 11) is 4.14. The second-order valence-corrected chi connectivity index (χ2v) is 4.72. The third-order valence-corrected chi connectivity index (χ3v) is 3.29. The zero-order chi connectivity index (χ0) is 11.1. The molecule has 2 heterocycles. The molecule has 0 bridgehead atoms. The molecule has 0 aliphatic carbocycles. The highest BCUT2D eigenvalue weighted by atomic mass is 15.3. The zero-order valence-corrected chi connectivity index (χ0v) is 9.91. The lowest BCUT2D eigenvalue weighted by molar-refractivity contribution is 0.177. The normalized spacial score (nSPS) is 16.9. The predicted molar refractivity (Wildman–Crippen MR) is 58.4 cm³/mol. The van der Waals surface area contributed by atoms with Gasteiger partial charge in [0.25, 0.3) is 0 Å². The maximum atomic E-state index is 4.32. The Morgan fingerprint density at radius 1 is 1.33 bits per heavy atom. The minimum Gasteiger partial charge on any atom is -0.311 e. The molecule has 5 heteroatoms. The molecule has 0 amide bonds. The number of nitrogens with one attached hydrogen (secondary N) is 1. The van der Waals surface area contributed by atoms with Crippen molar-refractivity contribution in [2.45, 2.75) is 32.5 Å². The van der Waals surface area contributed by atoms with Gasteiger partial charge in [-0.3, -0.25) is 4.90 Å². The van der Waals surface area contributed by atoms with Crippen LogP contribution in [0, 0.1) is 0 Å². The highest BCUT2D eigenvalue weighted by molar-refractivity contribution is 5.08. The monoisotopic (exact) mass is 209 g/mol. The molecule has 1 N–H and O–H groups in total. The number of fused-ring (bicyclic) bond motifs is 1. The molecule has 1 aliphatic rings. The lowest BCUT2D eigenvalue weighted by Crippen LogP contribution is -2.40. The molecule has 0 saturated carbocycles. The van der Waals surface area contributed by atoms with Crippen LogP contribution in [0.5, 0.6) is 0 Å². The van der Waals surface area contributed by atoms with E-state index in [2.05, 4.69) is 52.9 Å². The van der Waals surface area contributed by atoms with Crippen molar-refractivity contribution in [3.05, 3.63) is 11.6 Å². The van der Waals surface area contributed by atoms with Crippen molar-refractivity contribution in [1.82, 2.24) is 25.0 Å². The van der Waals surface area contributed by atoms with Crippen molar-refractivity contribution >= 4 is 0 Å². The summed E-state index contributed by atoms with van der Waals surface area (Å²) >= 11 is 0. The third-order valence-electron chi connectivity index (χ3n) is 3.29. The molecule has 0 spiro atoms. The van der Waals surface area contributed by atoms with Crippen LogP contribution in [-0.2, 0) is 18.6 Å². The molecule has 0 fully saturated rings. The molecule has 1 aliphatic heterocycles. The van der Waals surface area contributed by atoms with Crippen molar-refractivity contribution in [2.24, 2.45) is 0 Å². The molecular weight excluding hydrogens is 190 g/mol. The van der Waals surface area contributed by atoms with Gasteiger partial charge in [-0.2, -0.15) is 0 Å². The van der Waals surface area contributed by atoms with Crippen LogP contribution in [0.2, 0.25) is 0 Å². The van der Waals surface area contributed by atoms with E-state index in [0.717, 1.165) is 31.3 Å². The summed E-state index contributed by atoms with van der Waals surface area (Å²) in [4.78, 5) is 2.17. The minimum absolute atomic E-state index is 0.0669. The van der Waals surface area contributed by atoms with Gasteiger partial charge in [0, 0.05) is 13.1 Å². The standard InChI is InChI=1S/C10H19N5/c1-10(2,14(3)4)9-13-12-8-7-11-5-6-15(8)9/h11H,5-7H2,1-4H3.